The number of aromatic nitrogens is 1. The third-order valence-electron chi connectivity index (χ3n) is 5.78. The Balaban J connectivity index is 1.42. The van der Waals surface area contributed by atoms with Crippen molar-refractivity contribution < 1.29 is 4.79 Å². The second kappa shape index (κ2) is 8.17. The summed E-state index contributed by atoms with van der Waals surface area (Å²) in [5.41, 5.74) is 10.7. The van der Waals surface area contributed by atoms with Crippen LogP contribution in [-0.4, -0.2) is 35.0 Å². The van der Waals surface area contributed by atoms with Gasteiger partial charge in [0.05, 0.1) is 0 Å². The lowest BCUT2D eigenvalue weighted by Gasteiger charge is -2.34. The van der Waals surface area contributed by atoms with Gasteiger partial charge in [-0.15, -0.1) is 0 Å². The molecule has 0 bridgehead atoms. The molecule has 0 radical (unpaired) electrons. The van der Waals surface area contributed by atoms with E-state index in [9.17, 15) is 4.79 Å². The highest BCUT2D eigenvalue weighted by molar-refractivity contribution is 5.84. The number of nitrogens with one attached hydrogen (secondary N) is 1. The summed E-state index contributed by atoms with van der Waals surface area (Å²) in [5, 5.41) is 4.89. The van der Waals surface area contributed by atoms with Gasteiger partial charge in [0, 0.05) is 55.7 Å². The Hall–Kier alpha value is -2.63. The van der Waals surface area contributed by atoms with E-state index in [0.717, 1.165) is 31.6 Å². The zero-order valence-electron chi connectivity index (χ0n) is 16.4. The first-order valence-corrected chi connectivity index (χ1v) is 9.94. The molecule has 4 rings (SSSR count). The summed E-state index contributed by atoms with van der Waals surface area (Å²) in [6, 6.07) is 17.6. The predicted octanol–water partition coefficient (Wildman–Crippen LogP) is 2.66. The topological polar surface area (TPSA) is 63.3 Å². The van der Waals surface area contributed by atoms with Crippen molar-refractivity contribution in [2.45, 2.75) is 38.5 Å². The highest BCUT2D eigenvalue weighted by Crippen LogP contribution is 2.23. The molecule has 1 aliphatic heterocycles. The molecule has 2 heterocycles. The molecular weight excluding hydrogens is 348 g/mol. The average Bonchev–Trinajstić information content (AvgIpc) is 3.05. The maximum absolute atomic E-state index is 11.2. The van der Waals surface area contributed by atoms with Crippen molar-refractivity contribution in [3.8, 4) is 0 Å². The minimum absolute atomic E-state index is 0.266. The first-order chi connectivity index (χ1) is 13.6. The molecule has 0 fully saturated rings. The third kappa shape index (κ3) is 3.96. The van der Waals surface area contributed by atoms with E-state index in [1.807, 2.05) is 6.07 Å². The zero-order valence-corrected chi connectivity index (χ0v) is 16.4. The summed E-state index contributed by atoms with van der Waals surface area (Å²) in [6.45, 7) is 3.40. The Morgan fingerprint density at radius 3 is 2.71 bits per heavy atom. The van der Waals surface area contributed by atoms with Gasteiger partial charge in [-0.25, -0.2) is 0 Å². The van der Waals surface area contributed by atoms with Gasteiger partial charge >= 0.3 is 0 Å². The summed E-state index contributed by atoms with van der Waals surface area (Å²) in [6.07, 6.45) is 3.60. The fourth-order valence-corrected chi connectivity index (χ4v) is 4.20. The van der Waals surface area contributed by atoms with Crippen molar-refractivity contribution in [1.29, 1.82) is 0 Å². The van der Waals surface area contributed by atoms with Crippen LogP contribution >= 0.6 is 0 Å². The number of carbonyl (C=O) groups excluding carboxylic acids is 1. The van der Waals surface area contributed by atoms with E-state index < -0.39 is 0 Å². The number of nitrogens with zero attached hydrogens (tertiary/aromatic N) is 2. The van der Waals surface area contributed by atoms with Gasteiger partial charge in [0.2, 0.25) is 5.91 Å². The molecule has 5 nitrogen and oxygen atoms in total. The van der Waals surface area contributed by atoms with Gasteiger partial charge in [0.25, 0.3) is 0 Å². The molecule has 28 heavy (non-hydrogen) atoms. The van der Waals surface area contributed by atoms with Crippen LogP contribution in [0.4, 0.5) is 0 Å². The van der Waals surface area contributed by atoms with Gasteiger partial charge in [-0.05, 0) is 36.2 Å². The van der Waals surface area contributed by atoms with Crippen LogP contribution in [0.3, 0.4) is 0 Å². The Kier molecular flexibility index (Phi) is 5.46. The Bertz CT molecular complexity index is 978. The van der Waals surface area contributed by atoms with E-state index in [1.54, 1.807) is 0 Å². The lowest BCUT2D eigenvalue weighted by atomic mass is 9.94. The SMILES string of the molecule is CN1Cc2ccccc2C[C@H]1CNCc1cn(CCC(N)=O)c2ccccc12. The van der Waals surface area contributed by atoms with Gasteiger partial charge in [0.15, 0.2) is 0 Å². The highest BCUT2D eigenvalue weighted by atomic mass is 16.1. The number of nitrogens with two attached hydrogens (primary N) is 1. The number of para-hydroxylation sites is 1. The molecule has 3 N–H and O–H groups in total. The number of rotatable bonds is 7. The van der Waals surface area contributed by atoms with Crippen LogP contribution in [0.1, 0.15) is 23.1 Å². The normalized spacial score (nSPS) is 17.0. The van der Waals surface area contributed by atoms with Crippen molar-refractivity contribution >= 4 is 16.8 Å². The largest absolute Gasteiger partial charge is 0.370 e. The third-order valence-corrected chi connectivity index (χ3v) is 5.78. The van der Waals surface area contributed by atoms with Crippen molar-refractivity contribution in [2.24, 2.45) is 5.73 Å². The monoisotopic (exact) mass is 376 g/mol. The van der Waals surface area contributed by atoms with Crippen LogP contribution in [0.25, 0.3) is 10.9 Å². The highest BCUT2D eigenvalue weighted by Gasteiger charge is 2.22. The van der Waals surface area contributed by atoms with Gasteiger partial charge in [0.1, 0.15) is 0 Å². The van der Waals surface area contributed by atoms with Crippen LogP contribution < -0.4 is 11.1 Å². The van der Waals surface area contributed by atoms with Crippen LogP contribution in [0.5, 0.6) is 0 Å². The molecule has 3 aromatic rings. The standard InChI is InChI=1S/C23H28N4O/c1-26-15-18-7-3-2-6-17(18)12-20(26)14-25-13-19-16-27(11-10-23(24)28)22-9-5-4-8-21(19)22/h2-9,16,20,25H,10-15H2,1H3,(H2,24,28)/t20-/m0/s1. The lowest BCUT2D eigenvalue weighted by molar-refractivity contribution is -0.118. The number of likely N-dealkylation sites (N-methyl/N-ethyl adjacent to an activating group) is 1. The summed E-state index contributed by atoms with van der Waals surface area (Å²) < 4.78 is 2.14. The van der Waals surface area contributed by atoms with Gasteiger partial charge < -0.3 is 15.6 Å². The summed E-state index contributed by atoms with van der Waals surface area (Å²) in [4.78, 5) is 13.6. The fourth-order valence-electron chi connectivity index (χ4n) is 4.20. The Morgan fingerprint density at radius 2 is 1.89 bits per heavy atom. The molecule has 0 aliphatic carbocycles. The van der Waals surface area contributed by atoms with Crippen LogP contribution in [0.2, 0.25) is 0 Å². The molecule has 146 valence electrons. The second-order valence-corrected chi connectivity index (χ2v) is 7.75. The number of hydrogen-bond donors (Lipinski definition) is 2. The maximum atomic E-state index is 11.2. The van der Waals surface area contributed by atoms with E-state index in [-0.39, 0.29) is 5.91 Å². The number of hydrogen-bond acceptors (Lipinski definition) is 3. The molecule has 1 amide bonds. The van der Waals surface area contributed by atoms with E-state index in [4.69, 9.17) is 5.73 Å². The average molecular weight is 377 g/mol. The zero-order chi connectivity index (χ0) is 19.5. The van der Waals surface area contributed by atoms with E-state index in [0.29, 0.717) is 19.0 Å². The molecule has 0 spiro atoms. The molecule has 2 aromatic carbocycles. The molecule has 1 atom stereocenters. The van der Waals surface area contributed by atoms with Crippen molar-refractivity contribution in [2.75, 3.05) is 13.6 Å². The first kappa shape index (κ1) is 18.7. The van der Waals surface area contributed by atoms with Gasteiger partial charge in [-0.1, -0.05) is 42.5 Å². The molecule has 0 unspecified atom stereocenters. The van der Waals surface area contributed by atoms with Crippen LogP contribution in [0, 0.1) is 0 Å². The molecule has 1 aliphatic rings. The number of primary amides is 1. The van der Waals surface area contributed by atoms with E-state index in [2.05, 4.69) is 70.5 Å². The molecule has 1 aromatic heterocycles. The quantitative estimate of drug-likeness (QED) is 0.666. The fraction of sp³-hybridized carbons (Fsp3) is 0.348. The van der Waals surface area contributed by atoms with E-state index >= 15 is 0 Å². The number of carbonyl (C=O) groups is 1. The minimum Gasteiger partial charge on any atom is -0.370 e. The number of fused-ring (bicyclic) bond motifs is 2. The van der Waals surface area contributed by atoms with Crippen molar-refractivity contribution in [1.82, 2.24) is 14.8 Å². The molecular formula is C23H28N4O. The first-order valence-electron chi connectivity index (χ1n) is 9.94. The predicted molar refractivity (Wildman–Crippen MR) is 113 cm³/mol. The molecule has 0 saturated heterocycles. The van der Waals surface area contributed by atoms with Crippen molar-refractivity contribution in [3.63, 3.8) is 0 Å². The Morgan fingerprint density at radius 1 is 1.14 bits per heavy atom. The minimum atomic E-state index is -0.266. The van der Waals surface area contributed by atoms with Gasteiger partial charge in [-0.3, -0.25) is 9.69 Å². The summed E-state index contributed by atoms with van der Waals surface area (Å²) in [5.74, 6) is -0.266. The van der Waals surface area contributed by atoms with Gasteiger partial charge in [-0.2, -0.15) is 0 Å². The van der Waals surface area contributed by atoms with Crippen LogP contribution in [0.15, 0.2) is 54.7 Å². The number of amides is 1. The Labute approximate surface area is 166 Å². The van der Waals surface area contributed by atoms with Crippen molar-refractivity contribution in [3.05, 3.63) is 71.4 Å². The van der Waals surface area contributed by atoms with Crippen LogP contribution in [-0.2, 0) is 30.8 Å². The summed E-state index contributed by atoms with van der Waals surface area (Å²) >= 11 is 0. The smallest absolute Gasteiger partial charge is 0.219 e. The summed E-state index contributed by atoms with van der Waals surface area (Å²) in [7, 11) is 2.21. The number of benzene rings is 2. The lowest BCUT2D eigenvalue weighted by Crippen LogP contribution is -2.43. The van der Waals surface area contributed by atoms with E-state index in [1.165, 1.54) is 22.1 Å². The molecule has 0 saturated carbocycles. The number of aryl methyl sites for hydroxylation is 1. The maximum Gasteiger partial charge on any atom is 0.219 e. The second-order valence-electron chi connectivity index (χ2n) is 7.75. The molecule has 5 heteroatoms.